The van der Waals surface area contributed by atoms with Gasteiger partial charge in [0.05, 0.1) is 12.3 Å². The maximum atomic E-state index is 9.63. The third-order valence-electron chi connectivity index (χ3n) is 5.16. The van der Waals surface area contributed by atoms with Crippen molar-refractivity contribution in [3.05, 3.63) is 65.7 Å². The number of nitrogen functional groups attached to an aromatic ring is 1. The molecule has 2 aromatic carbocycles. The molecule has 154 valence electrons. The van der Waals surface area contributed by atoms with Gasteiger partial charge in [0.2, 0.25) is 0 Å². The zero-order chi connectivity index (χ0) is 21.3. The highest BCUT2D eigenvalue weighted by molar-refractivity contribution is 5.80. The Hall–Kier alpha value is -3.32. The average molecular weight is 400 g/mol. The van der Waals surface area contributed by atoms with Gasteiger partial charge in [-0.2, -0.15) is 5.26 Å². The Labute approximate surface area is 179 Å². The Morgan fingerprint density at radius 1 is 0.967 bits per heavy atom. The lowest BCUT2D eigenvalue weighted by Gasteiger charge is -2.12. The van der Waals surface area contributed by atoms with E-state index in [1.165, 1.54) is 25.7 Å². The molecule has 4 heteroatoms. The SMILES string of the molecule is CCCCCCCOc1ccc(-c2cc(-c3cccc(C)c3)nc(N)c2C#N)cc1. The summed E-state index contributed by atoms with van der Waals surface area (Å²) in [5.74, 6) is 1.09. The summed E-state index contributed by atoms with van der Waals surface area (Å²) in [6, 6.07) is 20.1. The molecule has 0 aliphatic heterocycles. The monoisotopic (exact) mass is 399 g/mol. The van der Waals surface area contributed by atoms with Crippen molar-refractivity contribution in [2.75, 3.05) is 12.3 Å². The predicted octanol–water partition coefficient (Wildman–Crippen LogP) is 6.53. The number of ether oxygens (including phenoxy) is 1. The molecule has 0 unspecified atom stereocenters. The van der Waals surface area contributed by atoms with Crippen LogP contribution in [0, 0.1) is 18.3 Å². The molecule has 30 heavy (non-hydrogen) atoms. The lowest BCUT2D eigenvalue weighted by molar-refractivity contribution is 0.304. The summed E-state index contributed by atoms with van der Waals surface area (Å²) in [6.07, 6.45) is 6.08. The van der Waals surface area contributed by atoms with Crippen LogP contribution in [0.1, 0.15) is 50.2 Å². The topological polar surface area (TPSA) is 71.9 Å². The Bertz CT molecular complexity index is 1020. The summed E-state index contributed by atoms with van der Waals surface area (Å²) in [4.78, 5) is 4.46. The number of aryl methyl sites for hydroxylation is 1. The Kier molecular flexibility index (Phi) is 7.45. The van der Waals surface area contributed by atoms with Crippen molar-refractivity contribution >= 4 is 5.82 Å². The first-order valence-electron chi connectivity index (χ1n) is 10.6. The molecular weight excluding hydrogens is 370 g/mol. The lowest BCUT2D eigenvalue weighted by Crippen LogP contribution is -2.00. The number of nitrogens with zero attached hydrogens (tertiary/aromatic N) is 2. The largest absolute Gasteiger partial charge is 0.494 e. The number of unbranched alkanes of at least 4 members (excludes halogenated alkanes) is 4. The lowest BCUT2D eigenvalue weighted by atomic mass is 9.98. The number of hydrogen-bond acceptors (Lipinski definition) is 4. The van der Waals surface area contributed by atoms with Crippen LogP contribution in [0.4, 0.5) is 5.82 Å². The second kappa shape index (κ2) is 10.5. The van der Waals surface area contributed by atoms with Gasteiger partial charge in [-0.25, -0.2) is 4.98 Å². The normalized spacial score (nSPS) is 10.6. The molecule has 0 spiro atoms. The van der Waals surface area contributed by atoms with E-state index in [9.17, 15) is 5.26 Å². The van der Waals surface area contributed by atoms with Gasteiger partial charge in [-0.1, -0.05) is 68.5 Å². The molecule has 0 amide bonds. The Balaban J connectivity index is 1.80. The van der Waals surface area contributed by atoms with Crippen LogP contribution in [-0.2, 0) is 0 Å². The first kappa shape index (κ1) is 21.4. The van der Waals surface area contributed by atoms with E-state index in [-0.39, 0.29) is 5.82 Å². The zero-order valence-corrected chi connectivity index (χ0v) is 17.8. The second-order valence-corrected chi connectivity index (χ2v) is 7.58. The molecule has 0 aliphatic rings. The first-order valence-corrected chi connectivity index (χ1v) is 10.6. The van der Waals surface area contributed by atoms with Crippen LogP contribution in [0.25, 0.3) is 22.4 Å². The van der Waals surface area contributed by atoms with E-state index in [4.69, 9.17) is 10.5 Å². The average Bonchev–Trinajstić information content (AvgIpc) is 2.76. The van der Waals surface area contributed by atoms with E-state index in [0.717, 1.165) is 46.7 Å². The van der Waals surface area contributed by atoms with Crippen molar-refractivity contribution in [2.45, 2.75) is 46.0 Å². The highest BCUT2D eigenvalue weighted by atomic mass is 16.5. The van der Waals surface area contributed by atoms with Crippen LogP contribution in [0.3, 0.4) is 0 Å². The fourth-order valence-corrected chi connectivity index (χ4v) is 3.49. The summed E-state index contributed by atoms with van der Waals surface area (Å²) >= 11 is 0. The van der Waals surface area contributed by atoms with Crippen molar-refractivity contribution in [1.82, 2.24) is 4.98 Å². The van der Waals surface area contributed by atoms with Crippen LogP contribution < -0.4 is 10.5 Å². The second-order valence-electron chi connectivity index (χ2n) is 7.58. The van der Waals surface area contributed by atoms with Crippen molar-refractivity contribution < 1.29 is 4.74 Å². The van der Waals surface area contributed by atoms with E-state index in [0.29, 0.717) is 5.56 Å². The molecule has 3 aromatic rings. The third-order valence-corrected chi connectivity index (χ3v) is 5.16. The van der Waals surface area contributed by atoms with Crippen molar-refractivity contribution in [3.8, 4) is 34.2 Å². The van der Waals surface area contributed by atoms with Gasteiger partial charge < -0.3 is 10.5 Å². The summed E-state index contributed by atoms with van der Waals surface area (Å²) in [5, 5.41) is 9.63. The molecule has 0 aliphatic carbocycles. The minimum Gasteiger partial charge on any atom is -0.494 e. The molecule has 1 heterocycles. The van der Waals surface area contributed by atoms with Gasteiger partial charge >= 0.3 is 0 Å². The van der Waals surface area contributed by atoms with Gasteiger partial charge in [-0.15, -0.1) is 0 Å². The number of nitriles is 1. The molecule has 4 nitrogen and oxygen atoms in total. The molecule has 0 radical (unpaired) electrons. The number of nitrogens with two attached hydrogens (primary N) is 1. The summed E-state index contributed by atoms with van der Waals surface area (Å²) in [6.45, 7) is 4.99. The van der Waals surface area contributed by atoms with Gasteiger partial charge in [0.1, 0.15) is 23.2 Å². The highest BCUT2D eigenvalue weighted by Gasteiger charge is 2.13. The predicted molar refractivity (Wildman–Crippen MR) is 123 cm³/mol. The number of hydrogen-bond donors (Lipinski definition) is 1. The van der Waals surface area contributed by atoms with Gasteiger partial charge in [0.15, 0.2) is 0 Å². The molecule has 0 saturated carbocycles. The first-order chi connectivity index (χ1) is 14.6. The fraction of sp³-hybridized carbons (Fsp3) is 0.308. The summed E-state index contributed by atoms with van der Waals surface area (Å²) < 4.78 is 5.86. The molecule has 1 aromatic heterocycles. The van der Waals surface area contributed by atoms with E-state index < -0.39 is 0 Å². The Morgan fingerprint density at radius 2 is 1.73 bits per heavy atom. The summed E-state index contributed by atoms with van der Waals surface area (Å²) in [5.41, 5.74) is 11.1. The van der Waals surface area contributed by atoms with Crippen LogP contribution in [0.2, 0.25) is 0 Å². The zero-order valence-electron chi connectivity index (χ0n) is 17.8. The molecule has 0 bridgehead atoms. The van der Waals surface area contributed by atoms with E-state index in [2.05, 4.69) is 24.0 Å². The Morgan fingerprint density at radius 3 is 2.43 bits per heavy atom. The molecule has 2 N–H and O–H groups in total. The number of benzene rings is 2. The smallest absolute Gasteiger partial charge is 0.142 e. The van der Waals surface area contributed by atoms with Gasteiger partial charge in [0.25, 0.3) is 0 Å². The van der Waals surface area contributed by atoms with Crippen LogP contribution in [0.15, 0.2) is 54.6 Å². The quantitative estimate of drug-likeness (QED) is 0.415. The van der Waals surface area contributed by atoms with E-state index in [1.54, 1.807) is 0 Å². The number of rotatable bonds is 9. The fourth-order valence-electron chi connectivity index (χ4n) is 3.49. The summed E-state index contributed by atoms with van der Waals surface area (Å²) in [7, 11) is 0. The number of aromatic nitrogens is 1. The van der Waals surface area contributed by atoms with E-state index in [1.807, 2.05) is 55.5 Å². The van der Waals surface area contributed by atoms with E-state index >= 15 is 0 Å². The van der Waals surface area contributed by atoms with Crippen molar-refractivity contribution in [1.29, 1.82) is 5.26 Å². The van der Waals surface area contributed by atoms with Crippen LogP contribution in [0.5, 0.6) is 5.75 Å². The number of anilines is 1. The highest BCUT2D eigenvalue weighted by Crippen LogP contribution is 2.32. The molecular formula is C26H29N3O. The third kappa shape index (κ3) is 5.39. The molecule has 0 atom stereocenters. The standard InChI is InChI=1S/C26H29N3O/c1-3-4-5-6-7-15-30-22-13-11-20(12-14-22)23-17-25(29-26(28)24(23)18-27)21-10-8-9-19(2)16-21/h8-14,16-17H,3-7,15H2,1-2H3,(H2,28,29). The maximum Gasteiger partial charge on any atom is 0.142 e. The van der Waals surface area contributed by atoms with Gasteiger partial charge in [-0.05, 0) is 43.2 Å². The van der Waals surface area contributed by atoms with Gasteiger partial charge in [0, 0.05) is 11.1 Å². The van der Waals surface area contributed by atoms with Crippen LogP contribution >= 0.6 is 0 Å². The minimum absolute atomic E-state index is 0.249. The molecule has 3 rings (SSSR count). The maximum absolute atomic E-state index is 9.63. The minimum atomic E-state index is 0.249. The van der Waals surface area contributed by atoms with Crippen molar-refractivity contribution in [2.24, 2.45) is 0 Å². The van der Waals surface area contributed by atoms with Crippen LogP contribution in [-0.4, -0.2) is 11.6 Å². The van der Waals surface area contributed by atoms with Gasteiger partial charge in [-0.3, -0.25) is 0 Å². The van der Waals surface area contributed by atoms with Crippen molar-refractivity contribution in [3.63, 3.8) is 0 Å². The number of pyridine rings is 1. The molecule has 0 saturated heterocycles. The molecule has 0 fully saturated rings.